The molecule has 43 heteroatoms. The van der Waals surface area contributed by atoms with E-state index < -0.39 is 12.3 Å². The number of rotatable bonds is 33. The molecule has 0 amide bonds. The number of β-amino-alcohol motifs (C(OH)–C–C–N with tert-alkyl or cyclic N) is 1. The number of carbonyl (C=O) groups is 2. The highest BCUT2D eigenvalue weighted by Crippen LogP contribution is 2.45. The number of carbonyl (C=O) groups excluding carboxylic acids is 2. The Hall–Kier alpha value is -7.58. The van der Waals surface area contributed by atoms with Crippen LogP contribution in [-0.4, -0.2) is 279 Å². The second-order valence-electron chi connectivity index (χ2n) is 24.3. The average molecular weight is 1690 g/mol. The molecule has 8 unspecified atom stereocenters. The molecule has 0 aliphatic carbocycles. The fraction of sp³-hybridized carbons (Fsp3) is 0.507. The van der Waals surface area contributed by atoms with E-state index in [4.69, 9.17) is 65.8 Å². The molecular formula is C71H102B2N20O15S6. The highest BCUT2D eigenvalue weighted by molar-refractivity contribution is 7.15. The van der Waals surface area contributed by atoms with Crippen molar-refractivity contribution in [3.05, 3.63) is 162 Å². The van der Waals surface area contributed by atoms with Crippen molar-refractivity contribution in [2.24, 2.45) is 4.99 Å². The normalized spacial score (nSPS) is 19.6. The Morgan fingerprint density at radius 1 is 0.526 bits per heavy atom. The molecule has 6 aromatic heterocycles. The number of aromatic nitrogens is 6. The molecule has 0 aromatic carbocycles. The van der Waals surface area contributed by atoms with Crippen LogP contribution in [0.25, 0.3) is 9.69 Å². The Morgan fingerprint density at radius 2 is 0.930 bits per heavy atom. The number of aliphatic hydroxyl groups is 1. The van der Waals surface area contributed by atoms with Gasteiger partial charge < -0.3 is 58.1 Å². The lowest BCUT2D eigenvalue weighted by Crippen LogP contribution is -2.42. The van der Waals surface area contributed by atoms with Gasteiger partial charge in [-0.15, -0.1) is 39.5 Å². The molecule has 6 aliphatic rings. The molecule has 12 rings (SSSR count). The van der Waals surface area contributed by atoms with E-state index in [0.717, 1.165) is 77.8 Å². The minimum atomic E-state index is -0.591. The van der Waals surface area contributed by atoms with Crippen molar-refractivity contribution in [3.63, 3.8) is 0 Å². The molecule has 35 nitrogen and oxygen atoms in total. The van der Waals surface area contributed by atoms with Gasteiger partial charge in [0.25, 0.3) is 46.0 Å². The Bertz CT molecular complexity index is 4100. The second kappa shape index (κ2) is 50.8. The molecule has 12 heterocycles. The molecule has 0 spiro atoms. The number of likely N-dealkylation sites (N-methyl/N-ethyl adjacent to an activating group) is 6. The number of aliphatic imine (C=N–C) groups is 1. The maximum absolute atomic E-state index is 10.7. The van der Waals surface area contributed by atoms with Gasteiger partial charge in [0, 0.05) is 101 Å². The predicted molar refractivity (Wildman–Crippen MR) is 445 cm³/mol. The third kappa shape index (κ3) is 27.3. The summed E-state index contributed by atoms with van der Waals surface area (Å²) in [6.07, 6.45) is 12.2. The fourth-order valence-electron chi connectivity index (χ4n) is 11.3. The number of hydrogen-bond donors (Lipinski definition) is 4. The average Bonchev–Trinajstić information content (AvgIpc) is 1.60. The Balaban J connectivity index is 0.000000210. The summed E-state index contributed by atoms with van der Waals surface area (Å²) in [5.74, 6) is 0. The van der Waals surface area contributed by atoms with Crippen LogP contribution >= 0.6 is 68.0 Å². The largest absolute Gasteiger partial charge is 0.473 e. The standard InChI is InChI=1S/C13H18N4O2S.C12H17BN3O3S.C12H16N4O2S.C11H17N3O2S.C11H15N3O2S.C8H10BN2O3S.C4H9NO/c1-6-7-19-17(4)9-8-16(3)12(14-2)10-11(9)20-13(15-10)18-5;1-4-5-19-15(2)10-7-16(13-8-17)6-9-11(10)20-12(14-9)18-3;1-5-6-18-16(3)8-7-14-11(13-2)9-10(8)19-12(15-9)17-4;2*1-4-5-16-14(2)9-7-12-6-8-10(9)17-11(13-8)15-3;1-14-8-10-5-2-11(9-4-12)3-6(13)7(5)15-8;1-3-4-6-5-2/h6,9,12H,1,7-8H2,3-5H3;4,8,10H,1,5-7H2,2-3H3;5,8,11,14H,1,6-7H2,3-4H3;4,9,12H,1,5-7H2,2-3H3;4,6,9H,1,5,7H2,2-3H3;4,6,13H,2-3H2,1H3;3,5H,1,4H2,2H3. The number of aliphatic hydroxyl groups excluding tert-OH is 1. The van der Waals surface area contributed by atoms with Crippen LogP contribution in [-0.2, 0) is 58.2 Å². The number of hydrogen-bond acceptors (Lipinski definition) is 39. The highest BCUT2D eigenvalue weighted by Gasteiger charge is 2.42. The summed E-state index contributed by atoms with van der Waals surface area (Å²) in [4.78, 5) is 103. The monoisotopic (exact) mass is 1690 g/mol. The summed E-state index contributed by atoms with van der Waals surface area (Å²) < 4.78 is 30.9. The molecule has 6 aliphatic heterocycles. The van der Waals surface area contributed by atoms with Crippen LogP contribution < -0.4 is 44.5 Å². The molecule has 4 N–H and O–H groups in total. The number of ether oxygens (including phenoxy) is 6. The van der Waals surface area contributed by atoms with Crippen molar-refractivity contribution < 1.29 is 72.1 Å². The summed E-state index contributed by atoms with van der Waals surface area (Å²) in [6.45, 7) is 45.0. The smallest absolute Gasteiger partial charge is 0.323 e. The lowest BCUT2D eigenvalue weighted by Gasteiger charge is -2.35. The van der Waals surface area contributed by atoms with E-state index in [1.54, 1.807) is 129 Å². The van der Waals surface area contributed by atoms with Gasteiger partial charge in [-0.25, -0.2) is 48.8 Å². The van der Waals surface area contributed by atoms with Crippen molar-refractivity contribution >= 4 is 101 Å². The molecule has 0 saturated carbocycles. The SMILES string of the molecule is C=CCON(C)C1CN([B]C=O)Cc2nc(OC)sc21.C=CCON(C)C1CN=Cc2nc(OC)sc21.C=CCON(C)C1CNCc2nc(OC)sc21.C=CCONC.COc1nc2c(s1)C(O)CN([B]C=O)C2.[C-]#[N+]C1NCC(N(C)OCC=C)c2sc(OC)nc21.[C-]#[N+]C1c2nc(OC)sc2C(N(C)OCC=C)CN1C. The van der Waals surface area contributed by atoms with Crippen LogP contribution in [0.5, 0.6) is 31.2 Å². The zero-order valence-corrected chi connectivity index (χ0v) is 71.4. The molecule has 0 saturated heterocycles. The van der Waals surface area contributed by atoms with Crippen LogP contribution in [0.4, 0.5) is 0 Å². The predicted octanol–water partition coefficient (Wildman–Crippen LogP) is 7.89. The number of fused-ring (bicyclic) bond motifs is 6. The Labute approximate surface area is 692 Å². The summed E-state index contributed by atoms with van der Waals surface area (Å²) in [5, 5.41) is 29.0. The summed E-state index contributed by atoms with van der Waals surface area (Å²) in [6, 6.07) is 0.344. The van der Waals surface area contributed by atoms with E-state index in [1.165, 1.54) is 76.4 Å². The third-order valence-electron chi connectivity index (χ3n) is 16.8. The zero-order chi connectivity index (χ0) is 83.2. The molecular weight excluding hydrogens is 1590 g/mol. The topological polar surface area (TPSA) is 326 Å². The summed E-state index contributed by atoms with van der Waals surface area (Å²) in [5.41, 5.74) is 7.65. The van der Waals surface area contributed by atoms with Gasteiger partial charge in [0.1, 0.15) is 11.8 Å². The lowest BCUT2D eigenvalue weighted by atomic mass is 9.90. The van der Waals surface area contributed by atoms with Gasteiger partial charge in [0.2, 0.25) is 0 Å². The van der Waals surface area contributed by atoms with Crippen molar-refractivity contribution in [2.45, 2.75) is 68.3 Å². The van der Waals surface area contributed by atoms with E-state index >= 15 is 0 Å². The maximum atomic E-state index is 10.7. The van der Waals surface area contributed by atoms with Gasteiger partial charge >= 0.3 is 12.3 Å². The summed E-state index contributed by atoms with van der Waals surface area (Å²) in [7, 11) is 25.6. The maximum Gasteiger partial charge on any atom is 0.323 e. The van der Waals surface area contributed by atoms with E-state index in [-0.39, 0.29) is 36.4 Å². The van der Waals surface area contributed by atoms with Crippen LogP contribution in [0.2, 0.25) is 0 Å². The number of hydroxylamine groups is 11. The van der Waals surface area contributed by atoms with Crippen LogP contribution in [0.1, 0.15) is 112 Å². The van der Waals surface area contributed by atoms with E-state index in [2.05, 4.69) is 105 Å². The van der Waals surface area contributed by atoms with Gasteiger partial charge in [0.15, 0.2) is 11.4 Å². The zero-order valence-electron chi connectivity index (χ0n) is 66.5. The third-order valence-corrected chi connectivity index (χ3v) is 23.7. The first-order valence-corrected chi connectivity index (χ1v) is 40.2. The van der Waals surface area contributed by atoms with Gasteiger partial charge in [-0.1, -0.05) is 104 Å². The number of nitrogens with zero attached hydrogens (tertiary/aromatic N) is 17. The minimum Gasteiger partial charge on any atom is -0.473 e. The molecule has 114 heavy (non-hydrogen) atoms. The highest BCUT2D eigenvalue weighted by atomic mass is 32.1. The van der Waals surface area contributed by atoms with E-state index in [9.17, 15) is 14.7 Å². The first-order valence-electron chi connectivity index (χ1n) is 35.3. The molecule has 0 bridgehead atoms. The minimum absolute atomic E-state index is 0.0105. The molecule has 2 radical (unpaired) electrons. The van der Waals surface area contributed by atoms with Crippen molar-refractivity contribution in [1.82, 2.24) is 85.9 Å². The van der Waals surface area contributed by atoms with Crippen molar-refractivity contribution in [3.8, 4) is 31.2 Å². The molecule has 6 aromatic rings. The quantitative estimate of drug-likeness (QED) is 0.00759. The van der Waals surface area contributed by atoms with Crippen LogP contribution in [0.3, 0.4) is 0 Å². The number of nitrogens with one attached hydrogen (secondary N) is 3. The van der Waals surface area contributed by atoms with Crippen LogP contribution in [0, 0.1) is 13.1 Å². The first-order chi connectivity index (χ1) is 55.2. The van der Waals surface area contributed by atoms with Crippen molar-refractivity contribution in [2.75, 3.05) is 171 Å². The van der Waals surface area contributed by atoms with Crippen molar-refractivity contribution in [1.29, 1.82) is 0 Å². The van der Waals surface area contributed by atoms with Gasteiger partial charge in [-0.3, -0.25) is 43.7 Å². The van der Waals surface area contributed by atoms with Gasteiger partial charge in [-0.05, 0) is 7.05 Å². The summed E-state index contributed by atoms with van der Waals surface area (Å²) >= 11 is 8.92. The van der Waals surface area contributed by atoms with Gasteiger partial charge in [-0.2, -0.15) is 35.3 Å². The van der Waals surface area contributed by atoms with Crippen LogP contribution in [0.15, 0.2) is 80.9 Å². The Kier molecular flexibility index (Phi) is 42.5. The molecule has 618 valence electrons. The van der Waals surface area contributed by atoms with Gasteiger partial charge in [0.05, 0.1) is 178 Å². The molecule has 0 fully saturated rings. The fourth-order valence-corrected chi connectivity index (χ4v) is 17.3. The lowest BCUT2D eigenvalue weighted by molar-refractivity contribution is -0.165. The van der Waals surface area contributed by atoms with E-state index in [0.29, 0.717) is 123 Å². The Morgan fingerprint density at radius 3 is 1.40 bits per heavy atom. The number of methoxy groups -OCH3 is 6. The number of thiazole rings is 6. The van der Waals surface area contributed by atoms with E-state index in [1.807, 2.05) is 57.1 Å². The first kappa shape index (κ1) is 95.3. The molecule has 8 atom stereocenters. The second-order valence-corrected chi connectivity index (χ2v) is 30.2.